The van der Waals surface area contributed by atoms with Gasteiger partial charge in [0.2, 0.25) is 5.91 Å². The van der Waals surface area contributed by atoms with Gasteiger partial charge in [0.25, 0.3) is 0 Å². The number of halogens is 2. The van der Waals surface area contributed by atoms with Crippen molar-refractivity contribution in [3.63, 3.8) is 0 Å². The van der Waals surface area contributed by atoms with Crippen molar-refractivity contribution in [2.24, 2.45) is 5.92 Å². The maximum atomic E-state index is 12.3. The Morgan fingerprint density at radius 2 is 2.24 bits per heavy atom. The van der Waals surface area contributed by atoms with Gasteiger partial charge in [-0.15, -0.1) is 0 Å². The topological polar surface area (TPSA) is 41.1 Å². The van der Waals surface area contributed by atoms with Gasteiger partial charge < -0.3 is 10.6 Å². The van der Waals surface area contributed by atoms with Gasteiger partial charge >= 0.3 is 0 Å². The van der Waals surface area contributed by atoms with Crippen molar-refractivity contribution in [1.82, 2.24) is 10.6 Å². The monoisotopic (exact) mass is 328 g/mol. The summed E-state index contributed by atoms with van der Waals surface area (Å²) in [5.41, 5.74) is 1.01. The molecule has 1 saturated heterocycles. The van der Waals surface area contributed by atoms with Crippen LogP contribution >= 0.6 is 23.2 Å². The molecule has 2 N–H and O–H groups in total. The lowest BCUT2D eigenvalue weighted by Gasteiger charge is -2.28. The van der Waals surface area contributed by atoms with Crippen molar-refractivity contribution in [2.75, 3.05) is 6.54 Å². The lowest BCUT2D eigenvalue weighted by atomic mass is 9.92. The van der Waals surface area contributed by atoms with Gasteiger partial charge in [0.15, 0.2) is 0 Å². The van der Waals surface area contributed by atoms with Crippen LogP contribution in [0.25, 0.3) is 0 Å². The number of carbonyl (C=O) groups excluding carboxylic acids is 1. The van der Waals surface area contributed by atoms with Crippen LogP contribution in [0.4, 0.5) is 0 Å². The van der Waals surface area contributed by atoms with Crippen LogP contribution < -0.4 is 10.6 Å². The van der Waals surface area contributed by atoms with Crippen molar-refractivity contribution < 1.29 is 4.79 Å². The van der Waals surface area contributed by atoms with Gasteiger partial charge in [-0.3, -0.25) is 4.79 Å². The average molecular weight is 329 g/mol. The molecule has 3 nitrogen and oxygen atoms in total. The Balaban J connectivity index is 1.88. The third-order valence-electron chi connectivity index (χ3n) is 3.92. The number of nitrogens with one attached hydrogen (secondary N) is 2. The minimum absolute atomic E-state index is 0.0568. The van der Waals surface area contributed by atoms with E-state index < -0.39 is 0 Å². The van der Waals surface area contributed by atoms with Gasteiger partial charge in [0.05, 0.1) is 0 Å². The predicted molar refractivity (Wildman–Crippen MR) is 88.0 cm³/mol. The summed E-state index contributed by atoms with van der Waals surface area (Å²) >= 11 is 12.1. The summed E-state index contributed by atoms with van der Waals surface area (Å²) in [5.74, 6) is 0.269. The zero-order valence-corrected chi connectivity index (χ0v) is 14.0. The molecule has 116 valence electrons. The van der Waals surface area contributed by atoms with Crippen LogP contribution in [-0.2, 0) is 11.2 Å². The minimum atomic E-state index is 0.0568. The highest BCUT2D eigenvalue weighted by Gasteiger charge is 2.25. The molecule has 1 fully saturated rings. The molecule has 1 aliphatic heterocycles. The fraction of sp³-hybridized carbons (Fsp3) is 0.562. The lowest BCUT2D eigenvalue weighted by molar-refractivity contribution is -0.126. The van der Waals surface area contributed by atoms with E-state index in [0.29, 0.717) is 22.5 Å². The number of carbonyl (C=O) groups is 1. The average Bonchev–Trinajstić information content (AvgIpc) is 2.42. The molecule has 0 saturated carbocycles. The largest absolute Gasteiger partial charge is 0.353 e. The first-order valence-electron chi connectivity index (χ1n) is 7.43. The highest BCUT2D eigenvalue weighted by molar-refractivity contribution is 6.35. The first kappa shape index (κ1) is 16.6. The number of rotatable bonds is 4. The standard InChI is InChI=1S/C16H22Cl2N2O/c1-10-7-13(5-6-19-10)16(21)20-11(2)8-12-3-4-14(17)9-15(12)18/h3-4,9-11,13,19H,5-8H2,1-2H3,(H,20,21)/t10-,11?,13-/m0/s1. The molecular formula is C16H22Cl2N2O. The fourth-order valence-electron chi connectivity index (χ4n) is 2.80. The third kappa shape index (κ3) is 4.87. The quantitative estimate of drug-likeness (QED) is 0.889. The molecule has 5 heteroatoms. The van der Waals surface area contributed by atoms with E-state index in [1.54, 1.807) is 6.07 Å². The van der Waals surface area contributed by atoms with E-state index in [-0.39, 0.29) is 17.9 Å². The smallest absolute Gasteiger partial charge is 0.223 e. The molecule has 0 aliphatic carbocycles. The molecule has 1 amide bonds. The molecule has 21 heavy (non-hydrogen) atoms. The number of benzene rings is 1. The Kier molecular flexibility index (Phi) is 5.91. The van der Waals surface area contributed by atoms with Gasteiger partial charge in [0.1, 0.15) is 0 Å². The van der Waals surface area contributed by atoms with Gasteiger partial charge in [-0.2, -0.15) is 0 Å². The maximum absolute atomic E-state index is 12.3. The second kappa shape index (κ2) is 7.48. The van der Waals surface area contributed by atoms with Crippen LogP contribution in [0.1, 0.15) is 32.3 Å². The summed E-state index contributed by atoms with van der Waals surface area (Å²) < 4.78 is 0. The Morgan fingerprint density at radius 3 is 2.90 bits per heavy atom. The van der Waals surface area contributed by atoms with Gasteiger partial charge in [-0.25, -0.2) is 0 Å². The van der Waals surface area contributed by atoms with E-state index >= 15 is 0 Å². The molecule has 0 spiro atoms. The van der Waals surface area contributed by atoms with Crippen molar-refractivity contribution in [2.45, 2.75) is 45.2 Å². The van der Waals surface area contributed by atoms with E-state index in [1.165, 1.54) is 0 Å². The number of piperidine rings is 1. The lowest BCUT2D eigenvalue weighted by Crippen LogP contribution is -2.45. The Morgan fingerprint density at radius 1 is 1.48 bits per heavy atom. The van der Waals surface area contributed by atoms with E-state index in [2.05, 4.69) is 17.6 Å². The summed E-state index contributed by atoms with van der Waals surface area (Å²) in [6.45, 7) is 5.04. The Bertz CT molecular complexity index is 507. The van der Waals surface area contributed by atoms with Crippen LogP contribution in [0.2, 0.25) is 10.0 Å². The maximum Gasteiger partial charge on any atom is 0.223 e. The molecular weight excluding hydrogens is 307 g/mol. The summed E-state index contributed by atoms with van der Waals surface area (Å²) in [7, 11) is 0. The van der Waals surface area contributed by atoms with E-state index in [1.807, 2.05) is 19.1 Å². The fourth-order valence-corrected chi connectivity index (χ4v) is 3.28. The molecule has 0 bridgehead atoms. The van der Waals surface area contributed by atoms with Crippen LogP contribution in [0.3, 0.4) is 0 Å². The molecule has 3 atom stereocenters. The SMILES string of the molecule is CC(Cc1ccc(Cl)cc1Cl)NC(=O)[C@H]1CCN[C@@H](C)C1. The van der Waals surface area contributed by atoms with Crippen molar-refractivity contribution >= 4 is 29.1 Å². The second-order valence-electron chi connectivity index (χ2n) is 5.93. The van der Waals surface area contributed by atoms with Crippen LogP contribution in [-0.4, -0.2) is 24.5 Å². The zero-order valence-electron chi connectivity index (χ0n) is 12.5. The highest BCUT2D eigenvalue weighted by atomic mass is 35.5. The first-order valence-corrected chi connectivity index (χ1v) is 8.19. The van der Waals surface area contributed by atoms with Crippen LogP contribution in [0.15, 0.2) is 18.2 Å². The number of hydrogen-bond acceptors (Lipinski definition) is 2. The highest BCUT2D eigenvalue weighted by Crippen LogP contribution is 2.22. The zero-order chi connectivity index (χ0) is 15.4. The normalized spacial score (nSPS) is 23.6. The van der Waals surface area contributed by atoms with Gasteiger partial charge in [0, 0.05) is 28.0 Å². The Hall–Kier alpha value is -0.770. The molecule has 0 radical (unpaired) electrons. The summed E-state index contributed by atoms with van der Waals surface area (Å²) in [4.78, 5) is 12.3. The van der Waals surface area contributed by atoms with Crippen molar-refractivity contribution in [3.05, 3.63) is 33.8 Å². The van der Waals surface area contributed by atoms with Gasteiger partial charge in [-0.05, 0) is 57.4 Å². The molecule has 2 rings (SSSR count). The number of amides is 1. The van der Waals surface area contributed by atoms with Crippen molar-refractivity contribution in [1.29, 1.82) is 0 Å². The number of hydrogen-bond donors (Lipinski definition) is 2. The first-order chi connectivity index (χ1) is 9.95. The molecule has 1 heterocycles. The van der Waals surface area contributed by atoms with E-state index in [4.69, 9.17) is 23.2 Å². The molecule has 0 aromatic heterocycles. The van der Waals surface area contributed by atoms with E-state index in [9.17, 15) is 4.79 Å². The molecule has 1 aliphatic rings. The molecule has 1 aromatic carbocycles. The van der Waals surface area contributed by atoms with Gasteiger partial charge in [-0.1, -0.05) is 29.3 Å². The van der Waals surface area contributed by atoms with Crippen molar-refractivity contribution in [3.8, 4) is 0 Å². The molecule has 1 unspecified atom stereocenters. The van der Waals surface area contributed by atoms with E-state index in [0.717, 1.165) is 24.9 Å². The second-order valence-corrected chi connectivity index (χ2v) is 6.77. The predicted octanol–water partition coefficient (Wildman–Crippen LogP) is 3.43. The summed E-state index contributed by atoms with van der Waals surface area (Å²) in [6.07, 6.45) is 2.52. The summed E-state index contributed by atoms with van der Waals surface area (Å²) in [6, 6.07) is 5.95. The third-order valence-corrected chi connectivity index (χ3v) is 4.51. The van der Waals surface area contributed by atoms with Crippen LogP contribution in [0, 0.1) is 5.92 Å². The minimum Gasteiger partial charge on any atom is -0.353 e. The Labute approximate surface area is 136 Å². The van der Waals surface area contributed by atoms with Crippen LogP contribution in [0.5, 0.6) is 0 Å². The summed E-state index contributed by atoms with van der Waals surface area (Å²) in [5, 5.41) is 7.75. The molecule has 1 aromatic rings.